The molecule has 0 aromatic rings. The molecular formula is C10H16N2O4. The Bertz CT molecular complexity index is 280. The molecule has 6 heteroatoms. The third kappa shape index (κ3) is 3.32. The van der Waals surface area contributed by atoms with E-state index in [9.17, 15) is 9.59 Å². The van der Waals surface area contributed by atoms with E-state index < -0.39 is 6.23 Å². The molecule has 2 amide bonds. The molecule has 0 aromatic carbocycles. The maximum absolute atomic E-state index is 10.9. The minimum Gasteiger partial charge on any atom is -0.394 e. The number of nitrogens with one attached hydrogen (secondary N) is 1. The van der Waals surface area contributed by atoms with Crippen LogP contribution in [-0.4, -0.2) is 48.3 Å². The van der Waals surface area contributed by atoms with Crippen LogP contribution in [0.1, 0.15) is 12.8 Å². The Labute approximate surface area is 93.9 Å². The summed E-state index contributed by atoms with van der Waals surface area (Å²) in [7, 11) is 1.51. The Morgan fingerprint density at radius 3 is 2.88 bits per heavy atom. The topological polar surface area (TPSA) is 78.9 Å². The van der Waals surface area contributed by atoms with Crippen molar-refractivity contribution in [2.24, 2.45) is 0 Å². The molecule has 1 saturated heterocycles. The van der Waals surface area contributed by atoms with Gasteiger partial charge in [0.2, 0.25) is 12.3 Å². The number of amides is 2. The molecule has 1 fully saturated rings. The normalized spacial score (nSPS) is 24.6. The van der Waals surface area contributed by atoms with Gasteiger partial charge in [-0.1, -0.05) is 0 Å². The van der Waals surface area contributed by atoms with Gasteiger partial charge in [0.1, 0.15) is 6.23 Å². The van der Waals surface area contributed by atoms with Crippen molar-refractivity contribution < 1.29 is 19.4 Å². The van der Waals surface area contributed by atoms with Gasteiger partial charge < -0.3 is 15.2 Å². The molecule has 0 bridgehead atoms. The summed E-state index contributed by atoms with van der Waals surface area (Å²) in [5.41, 5.74) is 0. The smallest absolute Gasteiger partial charge is 0.245 e. The van der Waals surface area contributed by atoms with Crippen LogP contribution in [0.4, 0.5) is 0 Å². The third-order valence-corrected chi connectivity index (χ3v) is 2.39. The molecule has 2 unspecified atom stereocenters. The van der Waals surface area contributed by atoms with Crippen molar-refractivity contribution in [2.45, 2.75) is 25.2 Å². The fraction of sp³-hybridized carbons (Fsp3) is 0.600. The van der Waals surface area contributed by atoms with Crippen LogP contribution in [0.15, 0.2) is 12.3 Å². The van der Waals surface area contributed by atoms with E-state index in [2.05, 4.69) is 5.32 Å². The summed E-state index contributed by atoms with van der Waals surface area (Å²) in [5, 5.41) is 11.3. The number of aliphatic hydroxyl groups excluding tert-OH is 1. The number of nitrogens with zero attached hydrogens (tertiary/aromatic N) is 1. The fourth-order valence-corrected chi connectivity index (χ4v) is 1.48. The van der Waals surface area contributed by atoms with E-state index in [-0.39, 0.29) is 18.6 Å². The minimum atomic E-state index is -0.393. The molecule has 0 aliphatic carbocycles. The maximum atomic E-state index is 10.9. The Hall–Kier alpha value is -1.40. The summed E-state index contributed by atoms with van der Waals surface area (Å²) in [5.74, 6) is -0.288. The predicted octanol–water partition coefficient (Wildman–Crippen LogP) is -0.798. The van der Waals surface area contributed by atoms with E-state index in [1.807, 2.05) is 0 Å². The summed E-state index contributed by atoms with van der Waals surface area (Å²) in [6, 6.07) is 0. The minimum absolute atomic E-state index is 0.0532. The van der Waals surface area contributed by atoms with Crippen molar-refractivity contribution >= 4 is 12.3 Å². The van der Waals surface area contributed by atoms with Gasteiger partial charge >= 0.3 is 0 Å². The lowest BCUT2D eigenvalue weighted by molar-refractivity contribution is -0.127. The second-order valence-electron chi connectivity index (χ2n) is 3.46. The zero-order valence-electron chi connectivity index (χ0n) is 9.13. The molecule has 6 nitrogen and oxygen atoms in total. The van der Waals surface area contributed by atoms with Gasteiger partial charge in [-0.2, -0.15) is 0 Å². The first-order valence-corrected chi connectivity index (χ1v) is 5.10. The van der Waals surface area contributed by atoms with Crippen LogP contribution in [0.25, 0.3) is 0 Å². The van der Waals surface area contributed by atoms with Gasteiger partial charge in [-0.25, -0.2) is 0 Å². The average Bonchev–Trinajstić information content (AvgIpc) is 2.78. The highest BCUT2D eigenvalue weighted by molar-refractivity contribution is 5.87. The van der Waals surface area contributed by atoms with E-state index in [1.54, 1.807) is 0 Å². The van der Waals surface area contributed by atoms with Crippen molar-refractivity contribution in [3.05, 3.63) is 12.3 Å². The molecule has 0 spiro atoms. The lowest BCUT2D eigenvalue weighted by Crippen LogP contribution is -2.30. The maximum Gasteiger partial charge on any atom is 0.245 e. The lowest BCUT2D eigenvalue weighted by Gasteiger charge is -2.20. The SMILES string of the molecule is CNC(=O)/C=C\N(C=O)C1CCC(CO)O1. The molecule has 0 radical (unpaired) electrons. The number of carbonyl (C=O) groups excluding carboxylic acids is 2. The molecule has 1 aliphatic heterocycles. The monoisotopic (exact) mass is 228 g/mol. The fourth-order valence-electron chi connectivity index (χ4n) is 1.48. The number of carbonyl (C=O) groups is 2. The standard InChI is InChI=1S/C10H16N2O4/c1-11-9(15)4-5-12(7-14)10-3-2-8(6-13)16-10/h4-5,7-8,10,13H,2-3,6H2,1H3,(H,11,15)/b5-4-. The highest BCUT2D eigenvalue weighted by Gasteiger charge is 2.27. The number of hydrogen-bond donors (Lipinski definition) is 2. The van der Waals surface area contributed by atoms with Crippen LogP contribution >= 0.6 is 0 Å². The van der Waals surface area contributed by atoms with Crippen molar-refractivity contribution in [1.82, 2.24) is 10.2 Å². The van der Waals surface area contributed by atoms with Crippen LogP contribution in [0.5, 0.6) is 0 Å². The second kappa shape index (κ2) is 6.24. The molecule has 0 aromatic heterocycles. The molecule has 1 heterocycles. The highest BCUT2D eigenvalue weighted by Crippen LogP contribution is 2.21. The van der Waals surface area contributed by atoms with Crippen molar-refractivity contribution in [2.75, 3.05) is 13.7 Å². The van der Waals surface area contributed by atoms with Gasteiger partial charge in [0.25, 0.3) is 0 Å². The largest absolute Gasteiger partial charge is 0.394 e. The Balaban J connectivity index is 2.52. The number of hydrogen-bond acceptors (Lipinski definition) is 4. The van der Waals surface area contributed by atoms with E-state index >= 15 is 0 Å². The number of aliphatic hydroxyl groups is 1. The number of likely N-dealkylation sites (N-methyl/N-ethyl adjacent to an activating group) is 1. The van der Waals surface area contributed by atoms with Crippen LogP contribution in [0.3, 0.4) is 0 Å². The molecular weight excluding hydrogens is 212 g/mol. The first kappa shape index (κ1) is 12.7. The first-order valence-electron chi connectivity index (χ1n) is 5.10. The van der Waals surface area contributed by atoms with E-state index in [0.29, 0.717) is 19.3 Å². The summed E-state index contributed by atoms with van der Waals surface area (Å²) >= 11 is 0. The van der Waals surface area contributed by atoms with Gasteiger partial charge in [0.15, 0.2) is 0 Å². The van der Waals surface area contributed by atoms with Crippen LogP contribution in [-0.2, 0) is 14.3 Å². The Kier molecular flexibility index (Phi) is 4.94. The average molecular weight is 228 g/mol. The Morgan fingerprint density at radius 2 is 2.38 bits per heavy atom. The molecule has 2 atom stereocenters. The van der Waals surface area contributed by atoms with Crippen LogP contribution < -0.4 is 5.32 Å². The van der Waals surface area contributed by atoms with Gasteiger partial charge in [0.05, 0.1) is 12.7 Å². The van der Waals surface area contributed by atoms with Crippen LogP contribution in [0.2, 0.25) is 0 Å². The molecule has 16 heavy (non-hydrogen) atoms. The summed E-state index contributed by atoms with van der Waals surface area (Å²) in [4.78, 5) is 23.0. The quantitative estimate of drug-likeness (QED) is 0.477. The lowest BCUT2D eigenvalue weighted by atomic mass is 10.2. The summed E-state index contributed by atoms with van der Waals surface area (Å²) in [6.45, 7) is -0.0532. The van der Waals surface area contributed by atoms with Gasteiger partial charge in [-0.3, -0.25) is 14.5 Å². The van der Waals surface area contributed by atoms with E-state index in [4.69, 9.17) is 9.84 Å². The highest BCUT2D eigenvalue weighted by atomic mass is 16.5. The van der Waals surface area contributed by atoms with Gasteiger partial charge in [0, 0.05) is 19.3 Å². The molecule has 0 saturated carbocycles. The van der Waals surface area contributed by atoms with Crippen molar-refractivity contribution in [3.8, 4) is 0 Å². The molecule has 2 N–H and O–H groups in total. The van der Waals surface area contributed by atoms with Gasteiger partial charge in [-0.05, 0) is 12.8 Å². The second-order valence-corrected chi connectivity index (χ2v) is 3.46. The molecule has 1 rings (SSSR count). The van der Waals surface area contributed by atoms with Crippen molar-refractivity contribution in [3.63, 3.8) is 0 Å². The molecule has 1 aliphatic rings. The van der Waals surface area contributed by atoms with Gasteiger partial charge in [-0.15, -0.1) is 0 Å². The number of ether oxygens (including phenoxy) is 1. The van der Waals surface area contributed by atoms with Crippen molar-refractivity contribution in [1.29, 1.82) is 0 Å². The van der Waals surface area contributed by atoms with E-state index in [0.717, 1.165) is 0 Å². The first-order chi connectivity index (χ1) is 7.71. The number of rotatable bonds is 5. The summed E-state index contributed by atoms with van der Waals surface area (Å²) < 4.78 is 5.39. The predicted molar refractivity (Wildman–Crippen MR) is 56.1 cm³/mol. The Morgan fingerprint density at radius 1 is 1.62 bits per heavy atom. The van der Waals surface area contributed by atoms with E-state index in [1.165, 1.54) is 24.2 Å². The molecule has 90 valence electrons. The zero-order chi connectivity index (χ0) is 12.0. The zero-order valence-corrected chi connectivity index (χ0v) is 9.13. The third-order valence-electron chi connectivity index (χ3n) is 2.39. The summed E-state index contributed by atoms with van der Waals surface area (Å²) in [6.07, 6.45) is 3.97. The van der Waals surface area contributed by atoms with Crippen LogP contribution in [0, 0.1) is 0 Å².